The van der Waals surface area contributed by atoms with Gasteiger partial charge in [0.05, 0.1) is 18.0 Å². The van der Waals surface area contributed by atoms with Crippen molar-refractivity contribution in [3.63, 3.8) is 0 Å². The van der Waals surface area contributed by atoms with Crippen LogP contribution in [0.15, 0.2) is 48.5 Å². The van der Waals surface area contributed by atoms with E-state index in [-0.39, 0.29) is 30.9 Å². The Bertz CT molecular complexity index is 933. The standard InChI is InChI=1S/C22H23F4N3O2/c23-17-6-3-4-15(12-17)8-9-27-20(30)13-19-21(31)28-10-11-29(19)14-16-5-1-2-7-18(16)22(24,25)26/h1-7,12,19H,8-11,13-14H2,(H,27,30)(H,28,31). The average molecular weight is 437 g/mol. The number of amides is 2. The van der Waals surface area contributed by atoms with E-state index in [0.717, 1.165) is 11.6 Å². The molecule has 1 heterocycles. The van der Waals surface area contributed by atoms with Gasteiger partial charge in [-0.15, -0.1) is 0 Å². The Kier molecular flexibility index (Phi) is 7.27. The van der Waals surface area contributed by atoms with Crippen LogP contribution in [0.3, 0.4) is 0 Å². The Labute approximate surface area is 177 Å². The Hall–Kier alpha value is -2.94. The molecule has 1 aliphatic rings. The molecule has 1 saturated heterocycles. The van der Waals surface area contributed by atoms with Crippen molar-refractivity contribution < 1.29 is 27.2 Å². The van der Waals surface area contributed by atoms with E-state index in [0.29, 0.717) is 19.5 Å². The summed E-state index contributed by atoms with van der Waals surface area (Å²) in [7, 11) is 0. The van der Waals surface area contributed by atoms with Crippen molar-refractivity contribution in [3.05, 3.63) is 71.0 Å². The van der Waals surface area contributed by atoms with E-state index >= 15 is 0 Å². The van der Waals surface area contributed by atoms with Gasteiger partial charge in [-0.2, -0.15) is 13.2 Å². The summed E-state index contributed by atoms with van der Waals surface area (Å²) < 4.78 is 53.1. The van der Waals surface area contributed by atoms with Gasteiger partial charge in [-0.3, -0.25) is 14.5 Å². The topological polar surface area (TPSA) is 61.4 Å². The maximum absolute atomic E-state index is 13.3. The number of piperazine rings is 1. The number of carbonyl (C=O) groups is 2. The number of nitrogens with one attached hydrogen (secondary N) is 2. The van der Waals surface area contributed by atoms with Crippen LogP contribution in [0.4, 0.5) is 17.6 Å². The minimum atomic E-state index is -4.50. The van der Waals surface area contributed by atoms with Crippen LogP contribution in [-0.2, 0) is 28.7 Å². The summed E-state index contributed by atoms with van der Waals surface area (Å²) in [5.41, 5.74) is 0.0292. The Balaban J connectivity index is 1.62. The highest BCUT2D eigenvalue weighted by Crippen LogP contribution is 2.32. The molecule has 3 rings (SSSR count). The van der Waals surface area contributed by atoms with Crippen LogP contribution in [0.2, 0.25) is 0 Å². The van der Waals surface area contributed by atoms with Crippen molar-refractivity contribution in [3.8, 4) is 0 Å². The lowest BCUT2D eigenvalue weighted by Crippen LogP contribution is -2.56. The molecule has 1 atom stereocenters. The molecule has 1 unspecified atom stereocenters. The SMILES string of the molecule is O=C(CC1C(=O)NCCN1Cc1ccccc1C(F)(F)F)NCCc1cccc(F)c1. The van der Waals surface area contributed by atoms with Crippen molar-refractivity contribution in [2.24, 2.45) is 0 Å². The van der Waals surface area contributed by atoms with Crippen LogP contribution < -0.4 is 10.6 Å². The lowest BCUT2D eigenvalue weighted by Gasteiger charge is -2.35. The molecule has 1 aliphatic heterocycles. The molecule has 0 aromatic heterocycles. The minimum Gasteiger partial charge on any atom is -0.356 e. The van der Waals surface area contributed by atoms with Crippen molar-refractivity contribution in [2.75, 3.05) is 19.6 Å². The monoisotopic (exact) mass is 437 g/mol. The summed E-state index contributed by atoms with van der Waals surface area (Å²) in [4.78, 5) is 26.3. The molecule has 9 heteroatoms. The van der Waals surface area contributed by atoms with Crippen molar-refractivity contribution >= 4 is 11.8 Å². The van der Waals surface area contributed by atoms with E-state index in [1.807, 2.05) is 0 Å². The third-order valence-electron chi connectivity index (χ3n) is 5.14. The van der Waals surface area contributed by atoms with Crippen LogP contribution in [0.5, 0.6) is 0 Å². The number of hydrogen-bond donors (Lipinski definition) is 2. The van der Waals surface area contributed by atoms with Crippen molar-refractivity contribution in [1.29, 1.82) is 0 Å². The number of halogens is 4. The molecule has 2 aromatic carbocycles. The summed E-state index contributed by atoms with van der Waals surface area (Å²) in [6.45, 7) is 0.793. The van der Waals surface area contributed by atoms with E-state index in [9.17, 15) is 27.2 Å². The summed E-state index contributed by atoms with van der Waals surface area (Å²) in [6, 6.07) is 10.4. The van der Waals surface area contributed by atoms with Gasteiger partial charge < -0.3 is 10.6 Å². The summed E-state index contributed by atoms with van der Waals surface area (Å²) >= 11 is 0. The van der Waals surface area contributed by atoms with Gasteiger partial charge in [0.1, 0.15) is 5.82 Å². The first kappa shape index (κ1) is 22.7. The van der Waals surface area contributed by atoms with Gasteiger partial charge in [-0.05, 0) is 35.7 Å². The Morgan fingerprint density at radius 2 is 1.94 bits per heavy atom. The second-order valence-corrected chi connectivity index (χ2v) is 7.37. The number of alkyl halides is 3. The van der Waals surface area contributed by atoms with Crippen LogP contribution in [0.25, 0.3) is 0 Å². The van der Waals surface area contributed by atoms with Gasteiger partial charge >= 0.3 is 6.18 Å². The normalized spacial score (nSPS) is 17.3. The molecular weight excluding hydrogens is 414 g/mol. The van der Waals surface area contributed by atoms with Gasteiger partial charge in [-0.1, -0.05) is 30.3 Å². The smallest absolute Gasteiger partial charge is 0.356 e. The molecule has 0 aliphatic carbocycles. The second-order valence-electron chi connectivity index (χ2n) is 7.37. The molecule has 31 heavy (non-hydrogen) atoms. The highest BCUT2D eigenvalue weighted by molar-refractivity contribution is 5.88. The minimum absolute atomic E-state index is 0.0567. The Morgan fingerprint density at radius 1 is 1.16 bits per heavy atom. The zero-order valence-electron chi connectivity index (χ0n) is 16.7. The molecule has 0 spiro atoms. The zero-order chi connectivity index (χ0) is 22.4. The molecule has 166 valence electrons. The van der Waals surface area contributed by atoms with Crippen LogP contribution in [0, 0.1) is 5.82 Å². The second kappa shape index (κ2) is 9.91. The largest absolute Gasteiger partial charge is 0.416 e. The maximum Gasteiger partial charge on any atom is 0.416 e. The molecule has 2 N–H and O–H groups in total. The first-order chi connectivity index (χ1) is 14.7. The van der Waals surface area contributed by atoms with Crippen molar-refractivity contribution in [2.45, 2.75) is 31.6 Å². The van der Waals surface area contributed by atoms with Gasteiger partial charge in [0.15, 0.2) is 0 Å². The summed E-state index contributed by atoms with van der Waals surface area (Å²) in [5.74, 6) is -1.15. The van der Waals surface area contributed by atoms with Crippen molar-refractivity contribution in [1.82, 2.24) is 15.5 Å². The molecule has 0 radical (unpaired) electrons. The number of carbonyl (C=O) groups excluding carboxylic acids is 2. The fourth-order valence-corrected chi connectivity index (χ4v) is 3.61. The van der Waals surface area contributed by atoms with E-state index in [2.05, 4.69) is 10.6 Å². The highest BCUT2D eigenvalue weighted by atomic mass is 19.4. The first-order valence-electron chi connectivity index (χ1n) is 9.92. The molecular formula is C22H23F4N3O2. The van der Waals surface area contributed by atoms with Gasteiger partial charge in [0, 0.05) is 26.2 Å². The predicted octanol–water partition coefficient (Wildman–Crippen LogP) is 2.89. The summed E-state index contributed by atoms with van der Waals surface area (Å²) in [6.07, 6.45) is -4.26. The summed E-state index contributed by atoms with van der Waals surface area (Å²) in [5, 5.41) is 5.35. The fraction of sp³-hybridized carbons (Fsp3) is 0.364. The number of benzene rings is 2. The first-order valence-corrected chi connectivity index (χ1v) is 9.92. The molecule has 1 fully saturated rings. The molecule has 5 nitrogen and oxygen atoms in total. The molecule has 0 bridgehead atoms. The van der Waals surface area contributed by atoms with E-state index in [4.69, 9.17) is 0 Å². The van der Waals surface area contributed by atoms with E-state index < -0.39 is 29.6 Å². The third-order valence-corrected chi connectivity index (χ3v) is 5.14. The van der Waals surface area contributed by atoms with Gasteiger partial charge in [0.25, 0.3) is 0 Å². The van der Waals surface area contributed by atoms with Gasteiger partial charge in [-0.25, -0.2) is 4.39 Å². The lowest BCUT2D eigenvalue weighted by molar-refractivity contribution is -0.139. The van der Waals surface area contributed by atoms with Crippen LogP contribution in [-0.4, -0.2) is 42.4 Å². The molecule has 2 aromatic rings. The maximum atomic E-state index is 13.3. The van der Waals surface area contributed by atoms with Crippen LogP contribution >= 0.6 is 0 Å². The predicted molar refractivity (Wildman–Crippen MR) is 106 cm³/mol. The van der Waals surface area contributed by atoms with Gasteiger partial charge in [0.2, 0.25) is 11.8 Å². The van der Waals surface area contributed by atoms with Crippen LogP contribution in [0.1, 0.15) is 23.1 Å². The zero-order valence-corrected chi connectivity index (χ0v) is 16.7. The highest BCUT2D eigenvalue weighted by Gasteiger charge is 2.36. The number of rotatable bonds is 7. The quantitative estimate of drug-likeness (QED) is 0.655. The number of nitrogens with zero attached hydrogens (tertiary/aromatic N) is 1. The average Bonchev–Trinajstić information content (AvgIpc) is 2.70. The lowest BCUT2D eigenvalue weighted by atomic mass is 10.0. The Morgan fingerprint density at radius 3 is 2.68 bits per heavy atom. The van der Waals surface area contributed by atoms with E-state index in [1.165, 1.54) is 30.3 Å². The molecule has 2 amide bonds. The fourth-order valence-electron chi connectivity index (χ4n) is 3.61. The third kappa shape index (κ3) is 6.27. The van der Waals surface area contributed by atoms with E-state index in [1.54, 1.807) is 17.0 Å². The number of hydrogen-bond acceptors (Lipinski definition) is 3. The molecule has 0 saturated carbocycles.